The van der Waals surface area contributed by atoms with Gasteiger partial charge in [-0.05, 0) is 55.8 Å². The molecule has 1 atom stereocenters. The number of carbonyl (C=O) groups excluding carboxylic acids is 2. The van der Waals surface area contributed by atoms with E-state index < -0.39 is 5.97 Å². The second-order valence-corrected chi connectivity index (χ2v) is 6.44. The molecule has 138 valence electrons. The number of nitrogens with one attached hydrogen (secondary N) is 1. The summed E-state index contributed by atoms with van der Waals surface area (Å²) in [5.74, 6) is -0.308. The molecule has 5 nitrogen and oxygen atoms in total. The third-order valence-electron chi connectivity index (χ3n) is 3.56. The third-order valence-corrected chi connectivity index (χ3v) is 4.12. The molecule has 1 amide bonds. The number of anilines is 1. The Morgan fingerprint density at radius 1 is 1.12 bits per heavy atom. The van der Waals surface area contributed by atoms with Crippen molar-refractivity contribution in [3.8, 4) is 5.75 Å². The summed E-state index contributed by atoms with van der Waals surface area (Å²) in [4.78, 5) is 23.9. The van der Waals surface area contributed by atoms with E-state index in [2.05, 4.69) is 5.32 Å². The van der Waals surface area contributed by atoms with Gasteiger partial charge in [0.25, 0.3) is 5.91 Å². The van der Waals surface area contributed by atoms with Crippen LogP contribution >= 0.6 is 23.2 Å². The van der Waals surface area contributed by atoms with Crippen molar-refractivity contribution >= 4 is 40.8 Å². The van der Waals surface area contributed by atoms with Crippen molar-refractivity contribution in [1.29, 1.82) is 0 Å². The van der Waals surface area contributed by atoms with Crippen molar-refractivity contribution in [3.05, 3.63) is 58.1 Å². The largest absolute Gasteiger partial charge is 0.482 e. The average Bonchev–Trinajstić information content (AvgIpc) is 2.63. The summed E-state index contributed by atoms with van der Waals surface area (Å²) in [7, 11) is 0. The first-order chi connectivity index (χ1) is 12.4. The highest BCUT2D eigenvalue weighted by atomic mass is 35.5. The van der Waals surface area contributed by atoms with Crippen molar-refractivity contribution in [2.75, 3.05) is 11.9 Å². The lowest BCUT2D eigenvalue weighted by Gasteiger charge is -2.12. The van der Waals surface area contributed by atoms with E-state index in [4.69, 9.17) is 32.7 Å². The maximum absolute atomic E-state index is 12.3. The molecule has 0 aliphatic heterocycles. The second kappa shape index (κ2) is 9.46. The molecule has 2 aromatic rings. The maximum atomic E-state index is 12.3. The summed E-state index contributed by atoms with van der Waals surface area (Å²) < 4.78 is 10.5. The lowest BCUT2D eigenvalue weighted by molar-refractivity contribution is -0.150. The Kier molecular flexibility index (Phi) is 7.30. The van der Waals surface area contributed by atoms with Gasteiger partial charge in [-0.1, -0.05) is 30.1 Å². The summed E-state index contributed by atoms with van der Waals surface area (Å²) >= 11 is 11.9. The number of carbonyl (C=O) groups is 2. The summed E-state index contributed by atoms with van der Waals surface area (Å²) in [6, 6.07) is 11.2. The minimum Gasteiger partial charge on any atom is -0.482 e. The first kappa shape index (κ1) is 20.1. The minimum absolute atomic E-state index is 0.143. The Hall–Kier alpha value is -2.24. The number of ether oxygens (including phenoxy) is 2. The van der Waals surface area contributed by atoms with E-state index in [1.54, 1.807) is 42.5 Å². The van der Waals surface area contributed by atoms with Gasteiger partial charge in [0.2, 0.25) is 0 Å². The molecule has 26 heavy (non-hydrogen) atoms. The first-order valence-corrected chi connectivity index (χ1v) is 8.83. The molecule has 0 saturated heterocycles. The zero-order valence-electron chi connectivity index (χ0n) is 14.4. The van der Waals surface area contributed by atoms with E-state index in [-0.39, 0.29) is 18.6 Å². The quantitative estimate of drug-likeness (QED) is 0.672. The minimum atomic E-state index is -0.434. The van der Waals surface area contributed by atoms with Gasteiger partial charge in [0.05, 0.1) is 16.8 Å². The lowest BCUT2D eigenvalue weighted by atomic mass is 10.2. The van der Waals surface area contributed by atoms with Crippen molar-refractivity contribution < 1.29 is 19.1 Å². The summed E-state index contributed by atoms with van der Waals surface area (Å²) in [6.07, 6.45) is 0.599. The molecule has 0 unspecified atom stereocenters. The number of hydrogen-bond acceptors (Lipinski definition) is 4. The van der Waals surface area contributed by atoms with Crippen LogP contribution in [0.5, 0.6) is 5.75 Å². The van der Waals surface area contributed by atoms with Crippen LogP contribution in [0.25, 0.3) is 0 Å². The molecule has 2 rings (SSSR count). The van der Waals surface area contributed by atoms with E-state index in [1.165, 1.54) is 0 Å². The fourth-order valence-electron chi connectivity index (χ4n) is 1.97. The Labute approximate surface area is 162 Å². The van der Waals surface area contributed by atoms with Crippen LogP contribution in [0.3, 0.4) is 0 Å². The van der Waals surface area contributed by atoms with Gasteiger partial charge in [-0.2, -0.15) is 0 Å². The number of halogens is 2. The van der Waals surface area contributed by atoms with Crippen LogP contribution in [0.4, 0.5) is 5.69 Å². The van der Waals surface area contributed by atoms with E-state index in [1.807, 2.05) is 13.8 Å². The summed E-state index contributed by atoms with van der Waals surface area (Å²) in [5, 5.41) is 3.56. The molecule has 0 saturated carbocycles. The zero-order chi connectivity index (χ0) is 19.1. The van der Waals surface area contributed by atoms with Crippen molar-refractivity contribution in [2.24, 2.45) is 0 Å². The molecule has 0 spiro atoms. The second-order valence-electron chi connectivity index (χ2n) is 5.60. The number of esters is 1. The van der Waals surface area contributed by atoms with Crippen LogP contribution in [0, 0.1) is 0 Å². The van der Waals surface area contributed by atoms with Gasteiger partial charge in [-0.15, -0.1) is 0 Å². The average molecular weight is 396 g/mol. The molecular formula is C19H19Cl2NO4. The standard InChI is InChI=1S/C19H19Cl2NO4/c1-3-12(2)26-18(23)11-25-15-7-4-13(5-8-15)19(24)22-17-10-14(20)6-9-16(17)21/h4-10,12H,3,11H2,1-2H3,(H,22,24)/t12-/m0/s1. The van der Waals surface area contributed by atoms with Crippen molar-refractivity contribution in [3.63, 3.8) is 0 Å². The molecule has 0 bridgehead atoms. The van der Waals surface area contributed by atoms with Gasteiger partial charge >= 0.3 is 5.97 Å². The predicted molar refractivity (Wildman–Crippen MR) is 102 cm³/mol. The van der Waals surface area contributed by atoms with Crippen LogP contribution in [-0.4, -0.2) is 24.6 Å². The summed E-state index contributed by atoms with van der Waals surface area (Å²) in [6.45, 7) is 3.56. The van der Waals surface area contributed by atoms with Crippen LogP contribution in [0.2, 0.25) is 10.0 Å². The number of benzene rings is 2. The normalized spacial score (nSPS) is 11.5. The molecule has 2 aromatic carbocycles. The van der Waals surface area contributed by atoms with E-state index in [9.17, 15) is 9.59 Å². The van der Waals surface area contributed by atoms with Gasteiger partial charge in [0.15, 0.2) is 6.61 Å². The smallest absolute Gasteiger partial charge is 0.344 e. The fourth-order valence-corrected chi connectivity index (χ4v) is 2.31. The van der Waals surface area contributed by atoms with Crippen molar-refractivity contribution in [2.45, 2.75) is 26.4 Å². The van der Waals surface area contributed by atoms with E-state index in [0.29, 0.717) is 27.0 Å². The molecule has 0 fully saturated rings. The van der Waals surface area contributed by atoms with Gasteiger partial charge in [-0.3, -0.25) is 4.79 Å². The molecule has 0 heterocycles. The fraction of sp³-hybridized carbons (Fsp3) is 0.263. The van der Waals surface area contributed by atoms with Crippen LogP contribution in [0.15, 0.2) is 42.5 Å². The first-order valence-electron chi connectivity index (χ1n) is 8.07. The Morgan fingerprint density at radius 2 is 1.81 bits per heavy atom. The number of rotatable bonds is 7. The molecular weight excluding hydrogens is 377 g/mol. The molecule has 1 N–H and O–H groups in total. The van der Waals surface area contributed by atoms with Crippen LogP contribution in [0.1, 0.15) is 30.6 Å². The lowest BCUT2D eigenvalue weighted by Crippen LogP contribution is -2.20. The summed E-state index contributed by atoms with van der Waals surface area (Å²) in [5.41, 5.74) is 0.841. The highest BCUT2D eigenvalue weighted by Crippen LogP contribution is 2.26. The Morgan fingerprint density at radius 3 is 2.46 bits per heavy atom. The van der Waals surface area contributed by atoms with Gasteiger partial charge in [0, 0.05) is 10.6 Å². The van der Waals surface area contributed by atoms with Gasteiger partial charge < -0.3 is 14.8 Å². The Balaban J connectivity index is 1.93. The molecule has 0 aromatic heterocycles. The van der Waals surface area contributed by atoms with Crippen LogP contribution in [-0.2, 0) is 9.53 Å². The highest BCUT2D eigenvalue weighted by Gasteiger charge is 2.11. The predicted octanol–water partition coefficient (Wildman–Crippen LogP) is 4.97. The molecule has 0 aliphatic carbocycles. The number of hydrogen-bond donors (Lipinski definition) is 1. The van der Waals surface area contributed by atoms with E-state index >= 15 is 0 Å². The van der Waals surface area contributed by atoms with Crippen molar-refractivity contribution in [1.82, 2.24) is 0 Å². The van der Waals surface area contributed by atoms with Gasteiger partial charge in [0.1, 0.15) is 5.75 Å². The van der Waals surface area contributed by atoms with Crippen LogP contribution < -0.4 is 10.1 Å². The molecule has 0 aliphatic rings. The maximum Gasteiger partial charge on any atom is 0.344 e. The molecule has 0 radical (unpaired) electrons. The Bertz CT molecular complexity index is 778. The van der Waals surface area contributed by atoms with Gasteiger partial charge in [-0.25, -0.2) is 4.79 Å². The highest BCUT2D eigenvalue weighted by molar-refractivity contribution is 6.35. The topological polar surface area (TPSA) is 64.6 Å². The third kappa shape index (κ3) is 5.93. The monoisotopic (exact) mass is 395 g/mol. The van der Waals surface area contributed by atoms with E-state index in [0.717, 1.165) is 6.42 Å². The number of amides is 1. The SMILES string of the molecule is CC[C@H](C)OC(=O)COc1ccc(C(=O)Nc2cc(Cl)ccc2Cl)cc1. The zero-order valence-corrected chi connectivity index (χ0v) is 15.9. The molecule has 7 heteroatoms.